The zero-order valence-corrected chi connectivity index (χ0v) is 11.2. The van der Waals surface area contributed by atoms with Crippen molar-refractivity contribution in [2.24, 2.45) is 0 Å². The van der Waals surface area contributed by atoms with Crippen molar-refractivity contribution in [3.63, 3.8) is 0 Å². The molecule has 0 fully saturated rings. The maximum absolute atomic E-state index is 11.3. The fraction of sp³-hybridized carbons (Fsp3) is 0.333. The number of aryl methyl sites for hydroxylation is 1. The van der Waals surface area contributed by atoms with Gasteiger partial charge < -0.3 is 9.15 Å². The molecule has 100 valence electrons. The minimum absolute atomic E-state index is 0.103. The predicted molar refractivity (Wildman–Crippen MR) is 68.9 cm³/mol. The summed E-state index contributed by atoms with van der Waals surface area (Å²) in [5.41, 5.74) is 1.19. The van der Waals surface area contributed by atoms with E-state index in [1.165, 1.54) is 17.3 Å². The van der Waals surface area contributed by atoms with E-state index in [2.05, 4.69) is 15.2 Å². The van der Waals surface area contributed by atoms with Crippen molar-refractivity contribution < 1.29 is 13.9 Å². The molecule has 0 N–H and O–H groups in total. The highest BCUT2D eigenvalue weighted by atomic mass is 32.2. The number of ether oxygens (including phenoxy) is 1. The van der Waals surface area contributed by atoms with Crippen molar-refractivity contribution >= 4 is 17.7 Å². The summed E-state index contributed by atoms with van der Waals surface area (Å²) in [7, 11) is 0. The van der Waals surface area contributed by atoms with Crippen LogP contribution in [0.1, 0.15) is 23.2 Å². The smallest absolute Gasteiger partial charge is 0.396 e. The molecule has 0 saturated carbocycles. The Morgan fingerprint density at radius 2 is 2.16 bits per heavy atom. The molecule has 2 rings (SSSR count). The quantitative estimate of drug-likeness (QED) is 0.591. The largest absolute Gasteiger partial charge is 0.459 e. The van der Waals surface area contributed by atoms with E-state index in [9.17, 15) is 4.79 Å². The van der Waals surface area contributed by atoms with E-state index in [0.717, 1.165) is 12.2 Å². The molecule has 0 aromatic carbocycles. The summed E-state index contributed by atoms with van der Waals surface area (Å²) >= 11 is 1.40. The zero-order chi connectivity index (χ0) is 13.5. The molecule has 0 amide bonds. The van der Waals surface area contributed by atoms with Gasteiger partial charge in [0.25, 0.3) is 5.22 Å². The van der Waals surface area contributed by atoms with Gasteiger partial charge in [-0.15, -0.1) is 5.10 Å². The van der Waals surface area contributed by atoms with Crippen LogP contribution in [0, 0.1) is 0 Å². The molecule has 0 atom stereocenters. The number of aromatic nitrogens is 3. The standard InChI is InChI=1S/C12H13N3O3S/c1-2-17-11(16)10-14-15-12(18-10)19-8-5-9-3-6-13-7-4-9/h3-4,6-7H,2,5,8H2,1H3. The van der Waals surface area contributed by atoms with Crippen LogP contribution in [-0.4, -0.2) is 33.5 Å². The van der Waals surface area contributed by atoms with Crippen LogP contribution in [-0.2, 0) is 11.2 Å². The van der Waals surface area contributed by atoms with Gasteiger partial charge in [-0.2, -0.15) is 0 Å². The monoisotopic (exact) mass is 279 g/mol. The third-order valence-corrected chi connectivity index (χ3v) is 3.04. The summed E-state index contributed by atoms with van der Waals surface area (Å²) in [4.78, 5) is 15.3. The van der Waals surface area contributed by atoms with Crippen LogP contribution >= 0.6 is 11.8 Å². The Kier molecular flexibility index (Phi) is 4.91. The molecule has 0 radical (unpaired) electrons. The maximum Gasteiger partial charge on any atom is 0.396 e. The molecule has 0 spiro atoms. The number of hydrogen-bond acceptors (Lipinski definition) is 7. The van der Waals surface area contributed by atoms with E-state index in [1.807, 2.05) is 12.1 Å². The highest BCUT2D eigenvalue weighted by Crippen LogP contribution is 2.17. The van der Waals surface area contributed by atoms with Gasteiger partial charge in [-0.1, -0.05) is 16.9 Å². The van der Waals surface area contributed by atoms with Gasteiger partial charge in [-0.05, 0) is 31.0 Å². The number of carbonyl (C=O) groups excluding carboxylic acids is 1. The average Bonchev–Trinajstić information content (AvgIpc) is 2.89. The normalized spacial score (nSPS) is 10.4. The lowest BCUT2D eigenvalue weighted by atomic mass is 10.2. The van der Waals surface area contributed by atoms with Gasteiger partial charge >= 0.3 is 11.9 Å². The third kappa shape index (κ3) is 4.06. The molecule has 2 heterocycles. The predicted octanol–water partition coefficient (Wildman–Crippen LogP) is 1.98. The second kappa shape index (κ2) is 6.89. The van der Waals surface area contributed by atoms with Gasteiger partial charge in [0, 0.05) is 18.1 Å². The van der Waals surface area contributed by atoms with Gasteiger partial charge in [-0.25, -0.2) is 4.79 Å². The summed E-state index contributed by atoms with van der Waals surface area (Å²) in [6.07, 6.45) is 4.38. The molecule has 0 aliphatic heterocycles. The Hall–Kier alpha value is -1.89. The van der Waals surface area contributed by atoms with Crippen molar-refractivity contribution in [2.45, 2.75) is 18.6 Å². The van der Waals surface area contributed by atoms with Crippen LogP contribution in [0.25, 0.3) is 0 Å². The summed E-state index contributed by atoms with van der Waals surface area (Å²) in [6.45, 7) is 2.00. The van der Waals surface area contributed by atoms with Crippen LogP contribution < -0.4 is 0 Å². The van der Waals surface area contributed by atoms with Gasteiger partial charge in [-0.3, -0.25) is 4.98 Å². The van der Waals surface area contributed by atoms with Gasteiger partial charge in [0.15, 0.2) is 0 Å². The second-order valence-electron chi connectivity index (χ2n) is 3.55. The van der Waals surface area contributed by atoms with E-state index in [0.29, 0.717) is 5.22 Å². The van der Waals surface area contributed by atoms with Gasteiger partial charge in [0.05, 0.1) is 6.61 Å². The summed E-state index contributed by atoms with van der Waals surface area (Å²) < 4.78 is 9.95. The van der Waals surface area contributed by atoms with Crippen molar-refractivity contribution in [2.75, 3.05) is 12.4 Å². The van der Waals surface area contributed by atoms with Crippen LogP contribution in [0.3, 0.4) is 0 Å². The molecule has 7 heteroatoms. The Bertz CT molecular complexity index is 530. The molecule has 0 unspecified atom stereocenters. The van der Waals surface area contributed by atoms with Gasteiger partial charge in [0.2, 0.25) is 0 Å². The van der Waals surface area contributed by atoms with Crippen molar-refractivity contribution in [3.8, 4) is 0 Å². The number of pyridine rings is 1. The lowest BCUT2D eigenvalue weighted by Crippen LogP contribution is -2.04. The van der Waals surface area contributed by atoms with E-state index in [4.69, 9.17) is 9.15 Å². The second-order valence-corrected chi connectivity index (χ2v) is 4.59. The first-order valence-electron chi connectivity index (χ1n) is 5.82. The first-order valence-corrected chi connectivity index (χ1v) is 6.80. The van der Waals surface area contributed by atoms with E-state index in [1.54, 1.807) is 19.3 Å². The summed E-state index contributed by atoms with van der Waals surface area (Å²) in [5.74, 6) is 0.0957. The Balaban J connectivity index is 1.82. The molecular weight excluding hydrogens is 266 g/mol. The summed E-state index contributed by atoms with van der Waals surface area (Å²) in [5, 5.41) is 7.79. The number of nitrogens with zero attached hydrogens (tertiary/aromatic N) is 3. The molecule has 0 saturated heterocycles. The molecular formula is C12H13N3O3S. The average molecular weight is 279 g/mol. The number of carbonyl (C=O) groups is 1. The highest BCUT2D eigenvalue weighted by molar-refractivity contribution is 7.99. The number of esters is 1. The van der Waals surface area contributed by atoms with Crippen molar-refractivity contribution in [1.82, 2.24) is 15.2 Å². The van der Waals surface area contributed by atoms with Gasteiger partial charge in [0.1, 0.15) is 0 Å². The Labute approximate surface area is 114 Å². The maximum atomic E-state index is 11.3. The van der Waals surface area contributed by atoms with Crippen LogP contribution in [0.5, 0.6) is 0 Å². The van der Waals surface area contributed by atoms with E-state index < -0.39 is 5.97 Å². The number of rotatable bonds is 6. The lowest BCUT2D eigenvalue weighted by Gasteiger charge is -1.97. The molecule has 0 aliphatic rings. The van der Waals surface area contributed by atoms with Crippen LogP contribution in [0.2, 0.25) is 0 Å². The topological polar surface area (TPSA) is 78.1 Å². The third-order valence-electron chi connectivity index (χ3n) is 2.22. The SMILES string of the molecule is CCOC(=O)c1nnc(SCCc2ccncc2)o1. The van der Waals surface area contributed by atoms with Crippen molar-refractivity contribution in [3.05, 3.63) is 36.0 Å². The molecule has 0 aliphatic carbocycles. The first kappa shape index (κ1) is 13.5. The summed E-state index contributed by atoms with van der Waals surface area (Å²) in [6, 6.07) is 3.91. The minimum Gasteiger partial charge on any atom is -0.459 e. The molecule has 19 heavy (non-hydrogen) atoms. The Morgan fingerprint density at radius 1 is 1.37 bits per heavy atom. The first-order chi connectivity index (χ1) is 9.29. The molecule has 0 bridgehead atoms. The van der Waals surface area contributed by atoms with Crippen LogP contribution in [0.4, 0.5) is 0 Å². The van der Waals surface area contributed by atoms with E-state index in [-0.39, 0.29) is 12.5 Å². The molecule has 2 aromatic rings. The fourth-order valence-corrected chi connectivity index (χ4v) is 2.10. The highest BCUT2D eigenvalue weighted by Gasteiger charge is 2.15. The fourth-order valence-electron chi connectivity index (χ4n) is 1.35. The number of hydrogen-bond donors (Lipinski definition) is 0. The molecule has 6 nitrogen and oxygen atoms in total. The van der Waals surface area contributed by atoms with Crippen LogP contribution in [0.15, 0.2) is 34.2 Å². The molecule has 2 aromatic heterocycles. The lowest BCUT2D eigenvalue weighted by molar-refractivity contribution is 0.0475. The zero-order valence-electron chi connectivity index (χ0n) is 10.4. The Morgan fingerprint density at radius 3 is 2.89 bits per heavy atom. The minimum atomic E-state index is -0.587. The van der Waals surface area contributed by atoms with E-state index >= 15 is 0 Å². The van der Waals surface area contributed by atoms with Crippen molar-refractivity contribution in [1.29, 1.82) is 0 Å². The number of thioether (sulfide) groups is 1.